The summed E-state index contributed by atoms with van der Waals surface area (Å²) in [5.41, 5.74) is 7.22. The highest BCUT2D eigenvalue weighted by Crippen LogP contribution is 2.29. The lowest BCUT2D eigenvalue weighted by atomic mass is 10.2. The summed E-state index contributed by atoms with van der Waals surface area (Å²) in [6.45, 7) is 0. The van der Waals surface area contributed by atoms with Gasteiger partial charge in [0, 0.05) is 11.9 Å². The molecule has 2 N–H and O–H groups in total. The van der Waals surface area contributed by atoms with Crippen LogP contribution in [-0.4, -0.2) is 19.7 Å². The van der Waals surface area contributed by atoms with Crippen LogP contribution in [0.5, 0.6) is 0 Å². The zero-order chi connectivity index (χ0) is 15.2. The topological polar surface area (TPSA) is 86.2 Å². The van der Waals surface area contributed by atoms with E-state index >= 15 is 0 Å². The number of nitrogens with two attached hydrogens (primary N) is 1. The van der Waals surface area contributed by atoms with E-state index in [0.29, 0.717) is 16.7 Å². The zero-order valence-corrected chi connectivity index (χ0v) is 11.8. The van der Waals surface area contributed by atoms with E-state index in [1.165, 1.54) is 36.4 Å². The fraction of sp³-hybridized carbons (Fsp3) is 0.0714. The highest BCUT2D eigenvalue weighted by molar-refractivity contribution is 7.90. The number of rotatable bonds is 2. The second kappa shape index (κ2) is 4.56. The predicted molar refractivity (Wildman–Crippen MR) is 76.9 cm³/mol. The Morgan fingerprint density at radius 1 is 1.19 bits per heavy atom. The molecule has 0 aliphatic rings. The number of hydrogen-bond donors (Lipinski definition) is 1. The van der Waals surface area contributed by atoms with Gasteiger partial charge in [-0.2, -0.15) is 0 Å². The maximum Gasteiger partial charge on any atom is 0.229 e. The van der Waals surface area contributed by atoms with Crippen LogP contribution in [0.2, 0.25) is 0 Å². The maximum absolute atomic E-state index is 13.1. The molecule has 0 bridgehead atoms. The summed E-state index contributed by atoms with van der Waals surface area (Å²) in [6.07, 6.45) is 1.12. The molecule has 1 aromatic heterocycles. The normalized spacial score (nSPS) is 11.9. The third-order valence-corrected chi connectivity index (χ3v) is 4.14. The van der Waals surface area contributed by atoms with Gasteiger partial charge in [0.2, 0.25) is 5.89 Å². The van der Waals surface area contributed by atoms with Gasteiger partial charge in [-0.15, -0.1) is 0 Å². The van der Waals surface area contributed by atoms with Gasteiger partial charge in [0.05, 0.1) is 10.5 Å². The lowest BCUT2D eigenvalue weighted by Gasteiger charge is -2.00. The van der Waals surface area contributed by atoms with Gasteiger partial charge in [-0.05, 0) is 36.4 Å². The monoisotopic (exact) mass is 306 g/mol. The quantitative estimate of drug-likeness (QED) is 0.735. The zero-order valence-electron chi connectivity index (χ0n) is 11.0. The van der Waals surface area contributed by atoms with Crippen LogP contribution in [0.1, 0.15) is 0 Å². The first-order valence-electron chi connectivity index (χ1n) is 6.00. The van der Waals surface area contributed by atoms with Gasteiger partial charge < -0.3 is 10.2 Å². The van der Waals surface area contributed by atoms with E-state index in [1.54, 1.807) is 0 Å². The molecule has 0 amide bonds. The van der Waals surface area contributed by atoms with E-state index in [9.17, 15) is 12.8 Å². The van der Waals surface area contributed by atoms with Crippen LogP contribution in [0.4, 0.5) is 10.1 Å². The lowest BCUT2D eigenvalue weighted by molar-refractivity contribution is 0.602. The minimum Gasteiger partial charge on any atom is -0.436 e. The van der Waals surface area contributed by atoms with Crippen molar-refractivity contribution in [2.45, 2.75) is 4.90 Å². The average molecular weight is 306 g/mol. The summed E-state index contributed by atoms with van der Waals surface area (Å²) in [6, 6.07) is 8.29. The molecule has 3 aromatic rings. The Morgan fingerprint density at radius 3 is 2.62 bits per heavy atom. The van der Waals surface area contributed by atoms with E-state index < -0.39 is 15.7 Å². The molecule has 1 heterocycles. The van der Waals surface area contributed by atoms with Crippen molar-refractivity contribution < 1.29 is 17.2 Å². The Labute approximate surface area is 120 Å². The van der Waals surface area contributed by atoms with Gasteiger partial charge in [-0.3, -0.25) is 0 Å². The predicted octanol–water partition coefficient (Wildman–Crippen LogP) is 2.62. The Balaban J connectivity index is 2.17. The molecule has 0 spiro atoms. The largest absolute Gasteiger partial charge is 0.436 e. The highest BCUT2D eigenvalue weighted by atomic mass is 32.2. The van der Waals surface area contributed by atoms with Crippen molar-refractivity contribution in [2.75, 3.05) is 12.0 Å². The van der Waals surface area contributed by atoms with Gasteiger partial charge in [0.25, 0.3) is 0 Å². The highest BCUT2D eigenvalue weighted by Gasteiger charge is 2.14. The second-order valence-corrected chi connectivity index (χ2v) is 6.67. The van der Waals surface area contributed by atoms with Gasteiger partial charge in [0.15, 0.2) is 15.4 Å². The lowest BCUT2D eigenvalue weighted by Crippen LogP contribution is -1.96. The second-order valence-electron chi connectivity index (χ2n) is 4.65. The number of hydrogen-bond acceptors (Lipinski definition) is 5. The number of anilines is 1. The van der Waals surface area contributed by atoms with E-state index in [-0.39, 0.29) is 16.5 Å². The Bertz CT molecular complexity index is 948. The van der Waals surface area contributed by atoms with E-state index in [4.69, 9.17) is 10.2 Å². The minimum absolute atomic E-state index is 0.155. The van der Waals surface area contributed by atoms with Gasteiger partial charge in [-0.1, -0.05) is 0 Å². The molecular weight excluding hydrogens is 295 g/mol. The number of nitrogen functional groups attached to an aromatic ring is 1. The van der Waals surface area contributed by atoms with Crippen molar-refractivity contribution in [3.8, 4) is 11.5 Å². The number of sulfone groups is 1. The molecule has 7 heteroatoms. The van der Waals surface area contributed by atoms with Crippen molar-refractivity contribution in [2.24, 2.45) is 0 Å². The van der Waals surface area contributed by atoms with Crippen LogP contribution in [-0.2, 0) is 9.84 Å². The van der Waals surface area contributed by atoms with Crippen molar-refractivity contribution >= 4 is 26.6 Å². The van der Waals surface area contributed by atoms with Crippen molar-refractivity contribution in [3.63, 3.8) is 0 Å². The average Bonchev–Trinajstić information content (AvgIpc) is 2.79. The van der Waals surface area contributed by atoms with Crippen LogP contribution in [0.25, 0.3) is 22.6 Å². The molecule has 0 radical (unpaired) electrons. The molecule has 0 aliphatic carbocycles. The number of halogens is 1. The van der Waals surface area contributed by atoms with Crippen molar-refractivity contribution in [3.05, 3.63) is 42.2 Å². The summed E-state index contributed by atoms with van der Waals surface area (Å²) < 4.78 is 41.6. The smallest absolute Gasteiger partial charge is 0.229 e. The third kappa shape index (κ3) is 2.47. The summed E-state index contributed by atoms with van der Waals surface area (Å²) >= 11 is 0. The minimum atomic E-state index is -3.32. The molecule has 0 saturated heterocycles. The van der Waals surface area contributed by atoms with Crippen LogP contribution in [0, 0.1) is 5.82 Å². The van der Waals surface area contributed by atoms with Gasteiger partial charge in [-0.25, -0.2) is 17.8 Å². The first-order valence-corrected chi connectivity index (χ1v) is 7.90. The first-order chi connectivity index (χ1) is 9.84. The molecular formula is C14H11FN2O3S. The van der Waals surface area contributed by atoms with Gasteiger partial charge in [0.1, 0.15) is 11.3 Å². The van der Waals surface area contributed by atoms with E-state index in [2.05, 4.69) is 4.98 Å². The van der Waals surface area contributed by atoms with Crippen molar-refractivity contribution in [1.82, 2.24) is 4.98 Å². The van der Waals surface area contributed by atoms with Crippen LogP contribution >= 0.6 is 0 Å². The molecule has 0 atom stereocenters. The summed E-state index contributed by atoms with van der Waals surface area (Å²) in [4.78, 5) is 4.37. The number of nitrogens with zero attached hydrogens (tertiary/aromatic N) is 1. The molecule has 0 unspecified atom stereocenters. The van der Waals surface area contributed by atoms with Crippen molar-refractivity contribution in [1.29, 1.82) is 0 Å². The molecule has 0 aliphatic heterocycles. The SMILES string of the molecule is CS(=O)(=O)c1ccc2oc(-c3ccc(F)cc3N)nc2c1. The number of benzene rings is 2. The fourth-order valence-electron chi connectivity index (χ4n) is 1.98. The molecule has 0 saturated carbocycles. The summed E-state index contributed by atoms with van der Waals surface area (Å²) in [5, 5.41) is 0. The fourth-order valence-corrected chi connectivity index (χ4v) is 2.62. The Hall–Kier alpha value is -2.41. The standard InChI is InChI=1S/C14H11FN2O3S/c1-21(18,19)9-3-5-13-12(7-9)17-14(20-13)10-4-2-8(15)6-11(10)16/h2-7H,16H2,1H3. The van der Waals surface area contributed by atoms with E-state index in [1.807, 2.05) is 0 Å². The molecule has 0 fully saturated rings. The van der Waals surface area contributed by atoms with E-state index in [0.717, 1.165) is 6.26 Å². The van der Waals surface area contributed by atoms with Crippen LogP contribution in [0.3, 0.4) is 0 Å². The number of oxazole rings is 1. The molecule has 21 heavy (non-hydrogen) atoms. The molecule has 108 valence electrons. The molecule has 5 nitrogen and oxygen atoms in total. The van der Waals surface area contributed by atoms with Gasteiger partial charge >= 0.3 is 0 Å². The first kappa shape index (κ1) is 13.6. The molecule has 3 rings (SSSR count). The number of fused-ring (bicyclic) bond motifs is 1. The summed E-state index contributed by atoms with van der Waals surface area (Å²) in [7, 11) is -3.32. The molecule has 2 aromatic carbocycles. The number of aromatic nitrogens is 1. The Kier molecular flexibility index (Phi) is 2.94. The van der Waals surface area contributed by atoms with Crippen LogP contribution < -0.4 is 5.73 Å². The Morgan fingerprint density at radius 2 is 1.95 bits per heavy atom. The summed E-state index contributed by atoms with van der Waals surface area (Å²) in [5.74, 6) is -0.236. The third-order valence-electron chi connectivity index (χ3n) is 3.03. The van der Waals surface area contributed by atoms with Crippen LogP contribution in [0.15, 0.2) is 45.7 Å². The maximum atomic E-state index is 13.1.